The van der Waals surface area contributed by atoms with E-state index >= 15 is 0 Å². The Morgan fingerprint density at radius 2 is 2.05 bits per heavy atom. The Balaban J connectivity index is 2.24. The summed E-state index contributed by atoms with van der Waals surface area (Å²) in [7, 11) is 0. The molecule has 5 heteroatoms. The van der Waals surface area contributed by atoms with Gasteiger partial charge in [0.25, 0.3) is 5.91 Å². The first-order valence-electron chi connectivity index (χ1n) is 6.41. The molecule has 0 fully saturated rings. The first kappa shape index (κ1) is 14.0. The van der Waals surface area contributed by atoms with Crippen molar-refractivity contribution in [3.63, 3.8) is 0 Å². The fraction of sp³-hybridized carbons (Fsp3) is 0.200. The molecule has 0 saturated carbocycles. The number of anilines is 1. The van der Waals surface area contributed by atoms with Crippen molar-refractivity contribution in [3.8, 4) is 5.75 Å². The second kappa shape index (κ2) is 6.68. The van der Waals surface area contributed by atoms with Crippen molar-refractivity contribution >= 4 is 11.6 Å². The number of hydrogen-bond acceptors (Lipinski definition) is 4. The summed E-state index contributed by atoms with van der Waals surface area (Å²) < 4.78 is 5.51. The van der Waals surface area contributed by atoms with Gasteiger partial charge in [-0.05, 0) is 36.8 Å². The third kappa shape index (κ3) is 3.33. The molecule has 0 aliphatic rings. The number of nitrogens with zero attached hydrogens (tertiary/aromatic N) is 1. The van der Waals surface area contributed by atoms with Crippen LogP contribution in [0.15, 0.2) is 42.7 Å². The van der Waals surface area contributed by atoms with E-state index in [1.165, 1.54) is 0 Å². The van der Waals surface area contributed by atoms with Crippen molar-refractivity contribution in [3.05, 3.63) is 53.9 Å². The molecule has 2 rings (SSSR count). The molecule has 0 aliphatic carbocycles. The maximum atomic E-state index is 12.3. The first-order chi connectivity index (χ1) is 9.74. The Morgan fingerprint density at radius 3 is 2.70 bits per heavy atom. The van der Waals surface area contributed by atoms with E-state index < -0.39 is 0 Å². The zero-order valence-electron chi connectivity index (χ0n) is 11.3. The van der Waals surface area contributed by atoms with Crippen LogP contribution in [-0.4, -0.2) is 17.5 Å². The Bertz CT molecular complexity index is 585. The van der Waals surface area contributed by atoms with Gasteiger partial charge in [-0.15, -0.1) is 0 Å². The Labute approximate surface area is 117 Å². The molecule has 0 radical (unpaired) electrons. The minimum atomic E-state index is -0.219. The van der Waals surface area contributed by atoms with Crippen molar-refractivity contribution in [1.82, 2.24) is 4.98 Å². The highest BCUT2D eigenvalue weighted by Gasteiger charge is 2.13. The molecule has 20 heavy (non-hydrogen) atoms. The van der Waals surface area contributed by atoms with E-state index in [4.69, 9.17) is 10.5 Å². The van der Waals surface area contributed by atoms with Crippen LogP contribution in [0.3, 0.4) is 0 Å². The average Bonchev–Trinajstić information content (AvgIpc) is 2.48. The van der Waals surface area contributed by atoms with Crippen molar-refractivity contribution < 1.29 is 9.53 Å². The molecule has 0 aliphatic heterocycles. The predicted octanol–water partition coefficient (Wildman–Crippen LogP) is 2.19. The van der Waals surface area contributed by atoms with Crippen LogP contribution in [0.2, 0.25) is 0 Å². The van der Waals surface area contributed by atoms with Crippen molar-refractivity contribution in [2.75, 3.05) is 11.9 Å². The Hall–Kier alpha value is -2.40. The number of carbonyl (C=O) groups is 1. The molecule has 0 spiro atoms. The monoisotopic (exact) mass is 271 g/mol. The molecule has 1 amide bonds. The van der Waals surface area contributed by atoms with Crippen LogP contribution in [0.5, 0.6) is 5.75 Å². The highest BCUT2D eigenvalue weighted by molar-refractivity contribution is 6.06. The summed E-state index contributed by atoms with van der Waals surface area (Å²) in [5.41, 5.74) is 7.70. The molecule has 1 aromatic carbocycles. The second-order valence-corrected chi connectivity index (χ2v) is 4.16. The zero-order chi connectivity index (χ0) is 14.4. The van der Waals surface area contributed by atoms with E-state index in [1.807, 2.05) is 13.0 Å². The summed E-state index contributed by atoms with van der Waals surface area (Å²) in [5, 5.41) is 2.80. The number of nitrogens with one attached hydrogen (secondary N) is 1. The quantitative estimate of drug-likeness (QED) is 0.874. The summed E-state index contributed by atoms with van der Waals surface area (Å²) in [6.45, 7) is 2.77. The molecule has 1 heterocycles. The van der Waals surface area contributed by atoms with E-state index in [2.05, 4.69) is 10.3 Å². The summed E-state index contributed by atoms with van der Waals surface area (Å²) in [5.74, 6) is 0.324. The lowest BCUT2D eigenvalue weighted by molar-refractivity contribution is 0.102. The summed E-state index contributed by atoms with van der Waals surface area (Å²) in [6.07, 6.45) is 3.24. The largest absolute Gasteiger partial charge is 0.493 e. The van der Waals surface area contributed by atoms with E-state index in [1.54, 1.807) is 36.7 Å². The predicted molar refractivity (Wildman–Crippen MR) is 77.7 cm³/mol. The molecule has 3 N–H and O–H groups in total. The number of pyridine rings is 1. The van der Waals surface area contributed by atoms with Gasteiger partial charge in [-0.2, -0.15) is 0 Å². The lowest BCUT2D eigenvalue weighted by atomic mass is 10.1. The molecule has 0 atom stereocenters. The molecule has 104 valence electrons. The number of nitrogens with two attached hydrogens (primary N) is 1. The normalized spacial score (nSPS) is 10.1. The van der Waals surface area contributed by atoms with Crippen molar-refractivity contribution in [2.45, 2.75) is 13.5 Å². The molecular formula is C15H17N3O2. The Morgan fingerprint density at radius 1 is 1.30 bits per heavy atom. The average molecular weight is 271 g/mol. The Kier molecular flexibility index (Phi) is 4.68. The van der Waals surface area contributed by atoms with Crippen LogP contribution >= 0.6 is 0 Å². The number of benzene rings is 1. The highest BCUT2D eigenvalue weighted by atomic mass is 16.5. The fourth-order valence-corrected chi connectivity index (χ4v) is 1.79. The molecule has 5 nitrogen and oxygen atoms in total. The first-order valence-corrected chi connectivity index (χ1v) is 6.41. The van der Waals surface area contributed by atoms with Crippen molar-refractivity contribution in [2.24, 2.45) is 5.73 Å². The number of aromatic nitrogens is 1. The topological polar surface area (TPSA) is 77.2 Å². The molecular weight excluding hydrogens is 254 g/mol. The third-order valence-electron chi connectivity index (χ3n) is 2.76. The molecule has 1 aromatic heterocycles. The second-order valence-electron chi connectivity index (χ2n) is 4.16. The minimum Gasteiger partial charge on any atom is -0.493 e. The van der Waals surface area contributed by atoms with Crippen LogP contribution in [0.1, 0.15) is 22.8 Å². The third-order valence-corrected chi connectivity index (χ3v) is 2.76. The summed E-state index contributed by atoms with van der Waals surface area (Å²) >= 11 is 0. The number of rotatable bonds is 5. The van der Waals surface area contributed by atoms with E-state index in [0.717, 1.165) is 5.56 Å². The van der Waals surface area contributed by atoms with Crippen LogP contribution in [0, 0.1) is 0 Å². The van der Waals surface area contributed by atoms with Gasteiger partial charge in [-0.1, -0.05) is 6.07 Å². The molecule has 0 saturated heterocycles. The van der Waals surface area contributed by atoms with Crippen LogP contribution in [0.25, 0.3) is 0 Å². The van der Waals surface area contributed by atoms with E-state index in [9.17, 15) is 4.79 Å². The van der Waals surface area contributed by atoms with Crippen LogP contribution in [-0.2, 0) is 6.54 Å². The van der Waals surface area contributed by atoms with Crippen LogP contribution in [0.4, 0.5) is 5.69 Å². The SMILES string of the molecule is CCOc1cc(CN)ccc1C(=O)Nc1ccncc1. The lowest BCUT2D eigenvalue weighted by Crippen LogP contribution is -2.14. The number of ether oxygens (including phenoxy) is 1. The van der Waals surface area contributed by atoms with Crippen LogP contribution < -0.4 is 15.8 Å². The van der Waals surface area contributed by atoms with Gasteiger partial charge in [0.2, 0.25) is 0 Å². The van der Waals surface area contributed by atoms with E-state index in [-0.39, 0.29) is 5.91 Å². The highest BCUT2D eigenvalue weighted by Crippen LogP contribution is 2.22. The van der Waals surface area contributed by atoms with E-state index in [0.29, 0.717) is 30.2 Å². The standard InChI is InChI=1S/C15H17N3O2/c1-2-20-14-9-11(10-16)3-4-13(14)15(19)18-12-5-7-17-8-6-12/h3-9H,2,10,16H2,1H3,(H,17,18,19). The molecule has 2 aromatic rings. The maximum absolute atomic E-state index is 12.3. The van der Waals surface area contributed by atoms with Gasteiger partial charge in [0.05, 0.1) is 12.2 Å². The lowest BCUT2D eigenvalue weighted by Gasteiger charge is -2.12. The maximum Gasteiger partial charge on any atom is 0.259 e. The number of amides is 1. The summed E-state index contributed by atoms with van der Waals surface area (Å²) in [4.78, 5) is 16.2. The number of carbonyl (C=O) groups excluding carboxylic acids is 1. The van der Waals surface area contributed by atoms with Gasteiger partial charge in [0.1, 0.15) is 5.75 Å². The summed E-state index contributed by atoms with van der Waals surface area (Å²) in [6, 6.07) is 8.80. The minimum absolute atomic E-state index is 0.219. The van der Waals surface area contributed by atoms with Gasteiger partial charge in [0.15, 0.2) is 0 Å². The smallest absolute Gasteiger partial charge is 0.259 e. The fourth-order valence-electron chi connectivity index (χ4n) is 1.79. The number of hydrogen-bond donors (Lipinski definition) is 2. The van der Waals surface area contributed by atoms with Gasteiger partial charge >= 0.3 is 0 Å². The van der Waals surface area contributed by atoms with Gasteiger partial charge in [0, 0.05) is 24.6 Å². The van der Waals surface area contributed by atoms with Gasteiger partial charge in [-0.3, -0.25) is 9.78 Å². The van der Waals surface area contributed by atoms with Crippen molar-refractivity contribution in [1.29, 1.82) is 0 Å². The molecule has 0 unspecified atom stereocenters. The zero-order valence-corrected chi connectivity index (χ0v) is 11.3. The van der Waals surface area contributed by atoms with Gasteiger partial charge < -0.3 is 15.8 Å². The van der Waals surface area contributed by atoms with Gasteiger partial charge in [-0.25, -0.2) is 0 Å². The molecule has 0 bridgehead atoms.